The molecule has 2 aromatic rings. The molecule has 0 saturated carbocycles. The van der Waals surface area contributed by atoms with Crippen LogP contribution in [0.3, 0.4) is 0 Å². The number of halogens is 1. The first-order valence-electron chi connectivity index (χ1n) is 9.66. The zero-order chi connectivity index (χ0) is 23.1. The molecule has 3 N–H and O–H groups in total. The summed E-state index contributed by atoms with van der Waals surface area (Å²) >= 11 is 5.82. The second-order valence-corrected chi connectivity index (χ2v) is 9.07. The molecule has 0 fully saturated rings. The third kappa shape index (κ3) is 6.72. The maximum Gasteiger partial charge on any atom is 0.267 e. The van der Waals surface area contributed by atoms with E-state index in [-0.39, 0.29) is 23.3 Å². The average Bonchev–Trinajstić information content (AvgIpc) is 2.75. The van der Waals surface area contributed by atoms with Gasteiger partial charge in [-0.15, -0.1) is 4.83 Å². The van der Waals surface area contributed by atoms with E-state index in [2.05, 4.69) is 20.7 Å². The van der Waals surface area contributed by atoms with Gasteiger partial charge in [-0.25, -0.2) is 18.9 Å². The molecule has 168 valence electrons. The van der Waals surface area contributed by atoms with Crippen molar-refractivity contribution in [1.82, 2.24) is 15.3 Å². The summed E-state index contributed by atoms with van der Waals surface area (Å²) in [7, 11) is -3.79. The fourth-order valence-corrected chi connectivity index (χ4v) is 4.12. The van der Waals surface area contributed by atoms with Gasteiger partial charge in [-0.3, -0.25) is 9.59 Å². The smallest absolute Gasteiger partial charge is 0.267 e. The number of hydrogen-bond donors (Lipinski definition) is 3. The molecule has 32 heavy (non-hydrogen) atoms. The largest absolute Gasteiger partial charge is 0.326 e. The average molecular weight is 476 g/mol. The Morgan fingerprint density at radius 1 is 1.09 bits per heavy atom. The normalized spacial score (nSPS) is 14.8. The number of nitrogens with zero attached hydrogens (tertiary/aromatic N) is 2. The van der Waals surface area contributed by atoms with E-state index >= 15 is 0 Å². The number of nitrogens with one attached hydrogen (secondary N) is 3. The molecular formula is C21H22ClN5O4S. The van der Waals surface area contributed by atoms with Crippen LogP contribution in [0, 0.1) is 0 Å². The summed E-state index contributed by atoms with van der Waals surface area (Å²) in [5.41, 5.74) is 4.28. The highest BCUT2D eigenvalue weighted by molar-refractivity contribution is 7.89. The number of amides is 2. The number of anilines is 1. The van der Waals surface area contributed by atoms with Crippen molar-refractivity contribution in [1.29, 1.82) is 0 Å². The second kappa shape index (κ2) is 10.5. The molecule has 9 nitrogen and oxygen atoms in total. The van der Waals surface area contributed by atoms with Crippen LogP contribution >= 0.6 is 11.6 Å². The first kappa shape index (κ1) is 23.6. The molecule has 0 aromatic heterocycles. The minimum absolute atomic E-state index is 0.0654. The summed E-state index contributed by atoms with van der Waals surface area (Å²) in [6.07, 6.45) is 3.51. The van der Waals surface area contributed by atoms with Crippen molar-refractivity contribution < 1.29 is 18.0 Å². The number of hydrogen-bond acceptors (Lipinski definition) is 6. The first-order valence-corrected chi connectivity index (χ1v) is 11.5. The van der Waals surface area contributed by atoms with Gasteiger partial charge in [-0.1, -0.05) is 29.8 Å². The molecular weight excluding hydrogens is 454 g/mol. The number of rotatable bonds is 7. The zero-order valence-electron chi connectivity index (χ0n) is 17.2. The Hall–Kier alpha value is -3.05. The Kier molecular flexibility index (Phi) is 7.75. The molecule has 2 aromatic carbocycles. The predicted octanol–water partition coefficient (Wildman–Crippen LogP) is 2.27. The van der Waals surface area contributed by atoms with E-state index in [4.69, 9.17) is 11.6 Å². The number of carbonyl (C=O) groups is 2. The van der Waals surface area contributed by atoms with Crippen molar-refractivity contribution in [2.75, 3.05) is 18.4 Å². The van der Waals surface area contributed by atoms with E-state index in [1.165, 1.54) is 42.4 Å². The molecule has 0 bridgehead atoms. The van der Waals surface area contributed by atoms with Crippen molar-refractivity contribution >= 4 is 45.3 Å². The minimum Gasteiger partial charge on any atom is -0.326 e. The van der Waals surface area contributed by atoms with Crippen LogP contribution in [0.2, 0.25) is 5.02 Å². The fraction of sp³-hybridized carbons (Fsp3) is 0.190. The van der Waals surface area contributed by atoms with Crippen molar-refractivity contribution in [3.05, 3.63) is 70.8 Å². The van der Waals surface area contributed by atoms with Gasteiger partial charge in [0.1, 0.15) is 0 Å². The molecule has 0 radical (unpaired) electrons. The quantitative estimate of drug-likeness (QED) is 0.419. The molecule has 2 amide bonds. The Morgan fingerprint density at radius 2 is 1.78 bits per heavy atom. The number of hydrazone groups is 1. The van der Waals surface area contributed by atoms with Gasteiger partial charge < -0.3 is 5.32 Å². The van der Waals surface area contributed by atoms with Gasteiger partial charge in [-0.05, 0) is 48.4 Å². The van der Waals surface area contributed by atoms with Crippen LogP contribution in [0.5, 0.6) is 0 Å². The summed E-state index contributed by atoms with van der Waals surface area (Å²) in [5.74, 6) is -0.583. The van der Waals surface area contributed by atoms with Gasteiger partial charge in [0.05, 0.1) is 11.1 Å². The van der Waals surface area contributed by atoms with E-state index in [1.54, 1.807) is 30.3 Å². The topological polar surface area (TPSA) is 120 Å². The van der Waals surface area contributed by atoms with Crippen LogP contribution in [0.4, 0.5) is 5.69 Å². The van der Waals surface area contributed by atoms with E-state index in [1.807, 2.05) is 0 Å². The third-order valence-electron chi connectivity index (χ3n) is 4.48. The Balaban J connectivity index is 1.53. The van der Waals surface area contributed by atoms with E-state index in [9.17, 15) is 18.0 Å². The monoisotopic (exact) mass is 475 g/mol. The summed E-state index contributed by atoms with van der Waals surface area (Å²) < 4.78 is 25.2. The number of benzene rings is 2. The lowest BCUT2D eigenvalue weighted by Crippen LogP contribution is -2.45. The van der Waals surface area contributed by atoms with Gasteiger partial charge in [0.25, 0.3) is 15.9 Å². The lowest BCUT2D eigenvalue weighted by Gasteiger charge is -2.25. The van der Waals surface area contributed by atoms with Crippen LogP contribution in [-0.4, -0.2) is 44.5 Å². The van der Waals surface area contributed by atoms with Crippen molar-refractivity contribution in [3.63, 3.8) is 0 Å². The van der Waals surface area contributed by atoms with Crippen LogP contribution in [-0.2, 0) is 19.6 Å². The van der Waals surface area contributed by atoms with Gasteiger partial charge >= 0.3 is 0 Å². The van der Waals surface area contributed by atoms with Crippen molar-refractivity contribution in [2.45, 2.75) is 18.2 Å². The van der Waals surface area contributed by atoms with Crippen molar-refractivity contribution in [2.24, 2.45) is 5.10 Å². The zero-order valence-corrected chi connectivity index (χ0v) is 18.8. The molecule has 11 heteroatoms. The van der Waals surface area contributed by atoms with Crippen LogP contribution in [0.25, 0.3) is 0 Å². The highest BCUT2D eigenvalue weighted by atomic mass is 35.5. The second-order valence-electron chi connectivity index (χ2n) is 6.98. The summed E-state index contributed by atoms with van der Waals surface area (Å²) in [5, 5.41) is 8.63. The lowest BCUT2D eigenvalue weighted by molar-refractivity contribution is -0.117. The lowest BCUT2D eigenvalue weighted by atomic mass is 10.1. The minimum atomic E-state index is -3.79. The molecule has 3 rings (SSSR count). The number of carbonyl (C=O) groups excluding carboxylic acids is 2. The van der Waals surface area contributed by atoms with E-state index in [0.717, 1.165) is 5.56 Å². The SMILES string of the molecule is CC(=O)Nc1ccc(S(=O)(=O)NN2CC=C(C(=O)NN=Cc3ccc(Cl)cc3)CC2)cc1. The van der Waals surface area contributed by atoms with Crippen molar-refractivity contribution in [3.8, 4) is 0 Å². The fourth-order valence-electron chi connectivity index (χ4n) is 2.89. The van der Waals surface area contributed by atoms with Gasteiger partial charge in [0.2, 0.25) is 5.91 Å². The standard InChI is InChI=1S/C21H22ClN5O4S/c1-15(28)24-19-6-8-20(9-7-19)32(30,31)26-27-12-10-17(11-13-27)21(29)25-23-14-16-2-4-18(22)5-3-16/h2-10,14,26H,11-13H2,1H3,(H,24,28)(H,25,29). The first-order chi connectivity index (χ1) is 15.2. The molecule has 0 aliphatic carbocycles. The predicted molar refractivity (Wildman–Crippen MR) is 123 cm³/mol. The molecule has 1 aliphatic heterocycles. The molecule has 0 spiro atoms. The maximum atomic E-state index is 12.6. The van der Waals surface area contributed by atoms with Gasteiger partial charge in [0, 0.05) is 36.3 Å². The molecule has 0 saturated heterocycles. The van der Waals surface area contributed by atoms with Gasteiger partial charge in [0.15, 0.2) is 0 Å². The Bertz CT molecular complexity index is 1150. The third-order valence-corrected chi connectivity index (χ3v) is 6.13. The summed E-state index contributed by atoms with van der Waals surface area (Å²) in [4.78, 5) is 25.9. The summed E-state index contributed by atoms with van der Waals surface area (Å²) in [6.45, 7) is 1.92. The molecule has 1 aliphatic rings. The Morgan fingerprint density at radius 3 is 2.38 bits per heavy atom. The number of sulfonamides is 1. The van der Waals surface area contributed by atoms with E-state index in [0.29, 0.717) is 29.2 Å². The van der Waals surface area contributed by atoms with Crippen LogP contribution in [0.15, 0.2) is 70.2 Å². The molecule has 0 unspecified atom stereocenters. The summed E-state index contributed by atoms with van der Waals surface area (Å²) in [6, 6.07) is 12.8. The van der Waals surface area contributed by atoms with Crippen LogP contribution in [0.1, 0.15) is 18.9 Å². The highest BCUT2D eigenvalue weighted by Crippen LogP contribution is 2.16. The molecule has 1 heterocycles. The van der Waals surface area contributed by atoms with Gasteiger partial charge in [-0.2, -0.15) is 5.10 Å². The highest BCUT2D eigenvalue weighted by Gasteiger charge is 2.22. The molecule has 0 atom stereocenters. The van der Waals surface area contributed by atoms with E-state index < -0.39 is 10.0 Å². The number of hydrazine groups is 1. The Labute approximate surface area is 191 Å². The van der Waals surface area contributed by atoms with Crippen LogP contribution < -0.4 is 15.6 Å². The maximum absolute atomic E-state index is 12.6.